The molecule has 1 fully saturated rings. The van der Waals surface area contributed by atoms with E-state index in [0.29, 0.717) is 34.1 Å². The molecule has 4 heterocycles. The zero-order valence-corrected chi connectivity index (χ0v) is 18.5. The zero-order chi connectivity index (χ0) is 23.7. The van der Waals surface area contributed by atoms with Gasteiger partial charge in [-0.05, 0) is 19.9 Å². The minimum atomic E-state index is -1.48. The number of imidazole rings is 1. The van der Waals surface area contributed by atoms with Crippen LogP contribution < -0.4 is 15.5 Å². The topological polar surface area (TPSA) is 166 Å². The van der Waals surface area contributed by atoms with E-state index in [9.17, 15) is 15.0 Å². The molecule has 1 amide bonds. The number of hydroxylamine groups is 1. The maximum atomic E-state index is 12.1. The van der Waals surface area contributed by atoms with E-state index < -0.39 is 30.4 Å². The van der Waals surface area contributed by atoms with Crippen LogP contribution in [0.1, 0.15) is 20.1 Å². The van der Waals surface area contributed by atoms with Crippen molar-refractivity contribution in [3.8, 4) is 17.1 Å². The number of aliphatic hydroxyl groups excluding tert-OH is 2. The van der Waals surface area contributed by atoms with Gasteiger partial charge in [0.05, 0.1) is 25.7 Å². The first kappa shape index (κ1) is 22.8. The van der Waals surface area contributed by atoms with E-state index in [1.807, 2.05) is 13.8 Å². The summed E-state index contributed by atoms with van der Waals surface area (Å²) >= 11 is 0. The number of carbonyl (C=O) groups is 1. The van der Waals surface area contributed by atoms with Gasteiger partial charge in [0.25, 0.3) is 5.91 Å². The Morgan fingerprint density at radius 2 is 2.03 bits per heavy atom. The summed E-state index contributed by atoms with van der Waals surface area (Å²) in [7, 11) is 2.95. The number of nitrogens with one attached hydrogen (secondary N) is 2. The van der Waals surface area contributed by atoms with Crippen LogP contribution in [0.2, 0.25) is 0 Å². The van der Waals surface area contributed by atoms with E-state index in [-0.39, 0.29) is 6.10 Å². The highest BCUT2D eigenvalue weighted by Gasteiger charge is 2.48. The second-order valence-corrected chi connectivity index (χ2v) is 7.64. The van der Waals surface area contributed by atoms with Crippen LogP contribution in [0, 0.1) is 0 Å². The molecule has 1 aliphatic rings. The number of ether oxygens (including phenoxy) is 2. The summed E-state index contributed by atoms with van der Waals surface area (Å²) in [6.07, 6.45) is -0.809. The molecule has 1 aliphatic heterocycles. The fourth-order valence-electron chi connectivity index (χ4n) is 3.55. The lowest BCUT2D eigenvalue weighted by atomic mass is 10.1. The smallest absolute Gasteiger partial charge is 0.275 e. The maximum absolute atomic E-state index is 12.1. The average Bonchev–Trinajstić information content (AvgIpc) is 3.34. The maximum Gasteiger partial charge on any atom is 0.275 e. The Kier molecular flexibility index (Phi) is 6.37. The van der Waals surface area contributed by atoms with Crippen LogP contribution in [0.5, 0.6) is 5.75 Å². The molecule has 0 aliphatic carbocycles. The normalized spacial score (nSPS) is 22.6. The summed E-state index contributed by atoms with van der Waals surface area (Å²) in [5, 5.41) is 23.9. The second-order valence-electron chi connectivity index (χ2n) is 7.64. The first-order valence-corrected chi connectivity index (χ1v) is 10.2. The number of fused-ring (bicyclic) bond motifs is 1. The first-order chi connectivity index (χ1) is 15.8. The molecule has 0 aromatic carbocycles. The molecule has 4 N–H and O–H groups in total. The number of anilines is 1. The van der Waals surface area contributed by atoms with Gasteiger partial charge in [0.15, 0.2) is 35.1 Å². The zero-order valence-electron chi connectivity index (χ0n) is 18.5. The Bertz CT molecular complexity index is 1150. The minimum absolute atomic E-state index is 0.0320. The molecule has 4 rings (SSSR count). The molecule has 4 atom stereocenters. The highest BCUT2D eigenvalue weighted by atomic mass is 16.6. The SMILES string of the molecule is CNc1nc(-c2cncc(OC(C)C)c2)nc2c1ncn2[C@@H]1O[C@H](C(=O)NOC)[C@@H](O)[C@H]1O. The van der Waals surface area contributed by atoms with Crippen molar-refractivity contribution in [3.05, 3.63) is 24.8 Å². The second kappa shape index (κ2) is 9.23. The van der Waals surface area contributed by atoms with Crippen LogP contribution in [-0.4, -0.2) is 79.2 Å². The van der Waals surface area contributed by atoms with Crippen molar-refractivity contribution in [1.29, 1.82) is 0 Å². The van der Waals surface area contributed by atoms with E-state index in [4.69, 9.17) is 9.47 Å². The molecule has 0 radical (unpaired) electrons. The number of rotatable bonds is 7. The molecular weight excluding hydrogens is 434 g/mol. The Labute approximate surface area is 188 Å². The van der Waals surface area contributed by atoms with Gasteiger partial charge in [-0.25, -0.2) is 20.4 Å². The van der Waals surface area contributed by atoms with Gasteiger partial charge in [0.1, 0.15) is 18.0 Å². The van der Waals surface area contributed by atoms with Gasteiger partial charge in [-0.3, -0.25) is 19.2 Å². The quantitative estimate of drug-likeness (QED) is 0.352. The third-order valence-electron chi connectivity index (χ3n) is 4.97. The van der Waals surface area contributed by atoms with Gasteiger partial charge >= 0.3 is 0 Å². The van der Waals surface area contributed by atoms with Gasteiger partial charge in [-0.2, -0.15) is 0 Å². The molecule has 0 bridgehead atoms. The van der Waals surface area contributed by atoms with Crippen LogP contribution in [0.4, 0.5) is 5.82 Å². The first-order valence-electron chi connectivity index (χ1n) is 10.2. The van der Waals surface area contributed by atoms with Crippen molar-refractivity contribution in [3.63, 3.8) is 0 Å². The Morgan fingerprint density at radius 1 is 1.24 bits per heavy atom. The van der Waals surface area contributed by atoms with Crippen molar-refractivity contribution < 1.29 is 29.3 Å². The number of amides is 1. The minimum Gasteiger partial charge on any atom is -0.489 e. The third kappa shape index (κ3) is 4.30. The van der Waals surface area contributed by atoms with E-state index in [0.717, 1.165) is 0 Å². The van der Waals surface area contributed by atoms with Gasteiger partial charge < -0.3 is 25.0 Å². The van der Waals surface area contributed by atoms with Crippen molar-refractivity contribution in [2.24, 2.45) is 0 Å². The highest BCUT2D eigenvalue weighted by Crippen LogP contribution is 2.33. The molecule has 33 heavy (non-hydrogen) atoms. The molecule has 3 aromatic heterocycles. The van der Waals surface area contributed by atoms with Crippen molar-refractivity contribution >= 4 is 22.9 Å². The Balaban J connectivity index is 1.75. The average molecular weight is 459 g/mol. The van der Waals surface area contributed by atoms with E-state index in [1.165, 1.54) is 18.0 Å². The molecule has 0 spiro atoms. The number of carbonyl (C=O) groups excluding carboxylic acids is 1. The molecular formula is C20H25N7O6. The van der Waals surface area contributed by atoms with Gasteiger partial charge in [0, 0.05) is 18.8 Å². The number of hydrogen-bond acceptors (Lipinski definition) is 11. The number of aromatic nitrogens is 5. The summed E-state index contributed by atoms with van der Waals surface area (Å²) < 4.78 is 12.8. The largest absolute Gasteiger partial charge is 0.489 e. The molecule has 3 aromatic rings. The summed E-state index contributed by atoms with van der Waals surface area (Å²) in [6.45, 7) is 3.82. The number of hydrogen-bond donors (Lipinski definition) is 4. The van der Waals surface area contributed by atoms with Crippen LogP contribution in [0.3, 0.4) is 0 Å². The van der Waals surface area contributed by atoms with Gasteiger partial charge in [0.2, 0.25) is 0 Å². The van der Waals surface area contributed by atoms with E-state index in [2.05, 4.69) is 35.6 Å². The lowest BCUT2D eigenvalue weighted by molar-refractivity contribution is -0.148. The predicted molar refractivity (Wildman–Crippen MR) is 115 cm³/mol. The lowest BCUT2D eigenvalue weighted by Crippen LogP contribution is -2.42. The van der Waals surface area contributed by atoms with Crippen molar-refractivity contribution in [2.75, 3.05) is 19.5 Å². The Morgan fingerprint density at radius 3 is 2.73 bits per heavy atom. The number of pyridine rings is 1. The monoisotopic (exact) mass is 459 g/mol. The third-order valence-corrected chi connectivity index (χ3v) is 4.97. The standard InChI is InChI=1S/C20H25N7O6/c1-9(2)32-11-5-10(6-22-7-11)16-24-17(21-3)12-18(25-16)27(8-23-12)20-14(29)13(28)15(33-20)19(30)26-31-4/h5-9,13-15,20,28-29H,1-4H3,(H,26,30)(H,21,24,25)/t13-,14+,15-,20+/m0/s1. The molecule has 176 valence electrons. The predicted octanol–water partition coefficient (Wildman–Crippen LogP) is 0.0140. The van der Waals surface area contributed by atoms with Crippen LogP contribution in [0.25, 0.3) is 22.6 Å². The lowest BCUT2D eigenvalue weighted by Gasteiger charge is -2.17. The fourth-order valence-corrected chi connectivity index (χ4v) is 3.55. The van der Waals surface area contributed by atoms with E-state index in [1.54, 1.807) is 25.5 Å². The summed E-state index contributed by atoms with van der Waals surface area (Å²) in [6, 6.07) is 1.77. The highest BCUT2D eigenvalue weighted by molar-refractivity contribution is 5.85. The molecule has 13 heteroatoms. The van der Waals surface area contributed by atoms with Crippen molar-refractivity contribution in [2.45, 2.75) is 44.5 Å². The Hall–Kier alpha value is -3.39. The van der Waals surface area contributed by atoms with E-state index >= 15 is 0 Å². The van der Waals surface area contributed by atoms with Crippen LogP contribution >= 0.6 is 0 Å². The van der Waals surface area contributed by atoms with Crippen LogP contribution in [0.15, 0.2) is 24.8 Å². The number of aliphatic hydroxyl groups is 2. The summed E-state index contributed by atoms with van der Waals surface area (Å²) in [5.74, 6) is 0.605. The molecule has 0 saturated carbocycles. The summed E-state index contributed by atoms with van der Waals surface area (Å²) in [5.41, 5.74) is 3.43. The molecule has 13 nitrogen and oxygen atoms in total. The van der Waals surface area contributed by atoms with Crippen LogP contribution in [-0.2, 0) is 14.4 Å². The summed E-state index contributed by atoms with van der Waals surface area (Å²) in [4.78, 5) is 34.4. The molecule has 1 saturated heterocycles. The fraction of sp³-hybridized carbons (Fsp3) is 0.450. The number of nitrogens with zero attached hydrogens (tertiary/aromatic N) is 5. The molecule has 0 unspecified atom stereocenters. The van der Waals surface area contributed by atoms with Gasteiger partial charge in [-0.15, -0.1) is 0 Å². The van der Waals surface area contributed by atoms with Crippen molar-refractivity contribution in [1.82, 2.24) is 30.0 Å². The van der Waals surface area contributed by atoms with Gasteiger partial charge in [-0.1, -0.05) is 0 Å².